The molecule has 22 heavy (non-hydrogen) atoms. The largest absolute Gasteiger partial charge is 0.388 e. The van der Waals surface area contributed by atoms with Gasteiger partial charge in [-0.2, -0.15) is 0 Å². The molecule has 0 aliphatic heterocycles. The van der Waals surface area contributed by atoms with Crippen LogP contribution in [0.5, 0.6) is 0 Å². The predicted octanol–water partition coefficient (Wildman–Crippen LogP) is 1.57. The van der Waals surface area contributed by atoms with Crippen LogP contribution in [-0.2, 0) is 6.54 Å². The lowest BCUT2D eigenvalue weighted by atomic mass is 10.2. The van der Waals surface area contributed by atoms with Crippen LogP contribution >= 0.6 is 0 Å². The maximum absolute atomic E-state index is 12.0. The first-order valence-electron chi connectivity index (χ1n) is 6.75. The molecular weight excluding hydrogens is 286 g/mol. The first-order valence-corrected chi connectivity index (χ1v) is 6.75. The number of rotatable bonds is 6. The lowest BCUT2D eigenvalue weighted by Crippen LogP contribution is -2.27. The molecule has 2 aromatic rings. The summed E-state index contributed by atoms with van der Waals surface area (Å²) in [6, 6.07) is 7.04. The van der Waals surface area contributed by atoms with E-state index in [4.69, 9.17) is 0 Å². The highest BCUT2D eigenvalue weighted by Gasteiger charge is 2.17. The fourth-order valence-electron chi connectivity index (χ4n) is 2.05. The zero-order valence-electron chi connectivity index (χ0n) is 12.4. The molecular formula is C14H17N5O3. The molecule has 1 amide bonds. The smallest absolute Gasteiger partial charge is 0.342 e. The molecule has 2 N–H and O–H groups in total. The Labute approximate surface area is 127 Å². The van der Waals surface area contributed by atoms with Crippen molar-refractivity contribution < 1.29 is 9.72 Å². The Morgan fingerprint density at radius 1 is 1.36 bits per heavy atom. The van der Waals surface area contributed by atoms with Gasteiger partial charge in [0.2, 0.25) is 0 Å². The van der Waals surface area contributed by atoms with Gasteiger partial charge in [0.25, 0.3) is 5.91 Å². The van der Waals surface area contributed by atoms with E-state index in [9.17, 15) is 14.9 Å². The van der Waals surface area contributed by atoms with E-state index >= 15 is 0 Å². The van der Waals surface area contributed by atoms with Crippen molar-refractivity contribution in [3.05, 3.63) is 52.0 Å². The van der Waals surface area contributed by atoms with Gasteiger partial charge in [-0.15, -0.1) is 0 Å². The SMILES string of the molecule is CNc1ccc(C(=O)NCCn2c([N+](=O)[O-])cnc2C)cc1. The van der Waals surface area contributed by atoms with Gasteiger partial charge in [0.05, 0.1) is 6.54 Å². The standard InChI is InChI=1S/C14H17N5O3/c1-10-17-9-13(19(21)22)18(10)8-7-16-14(20)11-3-5-12(15-2)6-4-11/h3-6,9,15H,7-8H2,1-2H3,(H,16,20). The summed E-state index contributed by atoms with van der Waals surface area (Å²) >= 11 is 0. The summed E-state index contributed by atoms with van der Waals surface area (Å²) in [7, 11) is 1.80. The second-order valence-corrected chi connectivity index (χ2v) is 4.66. The van der Waals surface area contributed by atoms with E-state index in [1.807, 2.05) is 0 Å². The number of aromatic nitrogens is 2. The number of nitrogens with zero attached hydrogens (tertiary/aromatic N) is 3. The number of carbonyl (C=O) groups is 1. The Morgan fingerprint density at radius 3 is 2.64 bits per heavy atom. The Hall–Kier alpha value is -2.90. The summed E-state index contributed by atoms with van der Waals surface area (Å²) < 4.78 is 1.46. The van der Waals surface area contributed by atoms with Gasteiger partial charge in [-0.3, -0.25) is 4.79 Å². The average Bonchev–Trinajstić information content (AvgIpc) is 2.88. The third-order valence-electron chi connectivity index (χ3n) is 3.28. The van der Waals surface area contributed by atoms with E-state index in [1.165, 1.54) is 10.8 Å². The Balaban J connectivity index is 1.94. The molecule has 0 spiro atoms. The molecule has 2 rings (SSSR count). The molecule has 1 heterocycles. The minimum atomic E-state index is -0.488. The van der Waals surface area contributed by atoms with Crippen molar-refractivity contribution in [3.63, 3.8) is 0 Å². The van der Waals surface area contributed by atoms with E-state index in [0.29, 0.717) is 17.9 Å². The highest BCUT2D eigenvalue weighted by Crippen LogP contribution is 2.13. The molecule has 1 aromatic carbocycles. The maximum Gasteiger partial charge on any atom is 0.342 e. The van der Waals surface area contributed by atoms with Gasteiger partial charge in [0.1, 0.15) is 12.7 Å². The van der Waals surface area contributed by atoms with Gasteiger partial charge in [-0.1, -0.05) is 0 Å². The van der Waals surface area contributed by atoms with Crippen molar-refractivity contribution in [3.8, 4) is 0 Å². The Kier molecular flexibility index (Phi) is 4.72. The fourth-order valence-corrected chi connectivity index (χ4v) is 2.05. The predicted molar refractivity (Wildman–Crippen MR) is 81.9 cm³/mol. The number of hydrogen-bond donors (Lipinski definition) is 2. The van der Waals surface area contributed by atoms with Gasteiger partial charge in [0.15, 0.2) is 5.82 Å². The number of aryl methyl sites for hydroxylation is 1. The summed E-state index contributed by atoms with van der Waals surface area (Å²) in [6.45, 7) is 2.26. The van der Waals surface area contributed by atoms with E-state index in [2.05, 4.69) is 15.6 Å². The third kappa shape index (κ3) is 3.40. The van der Waals surface area contributed by atoms with Crippen LogP contribution in [0.2, 0.25) is 0 Å². The summed E-state index contributed by atoms with van der Waals surface area (Å²) in [5.41, 5.74) is 1.46. The highest BCUT2D eigenvalue weighted by molar-refractivity contribution is 5.94. The van der Waals surface area contributed by atoms with Crippen LogP contribution in [0.15, 0.2) is 30.5 Å². The fraction of sp³-hybridized carbons (Fsp3) is 0.286. The van der Waals surface area contributed by atoms with E-state index in [-0.39, 0.29) is 18.3 Å². The van der Waals surface area contributed by atoms with Gasteiger partial charge >= 0.3 is 5.82 Å². The second-order valence-electron chi connectivity index (χ2n) is 4.66. The van der Waals surface area contributed by atoms with E-state index in [1.54, 1.807) is 38.2 Å². The molecule has 0 saturated heterocycles. The van der Waals surface area contributed by atoms with Gasteiger partial charge in [-0.25, -0.2) is 9.55 Å². The zero-order valence-corrected chi connectivity index (χ0v) is 12.4. The quantitative estimate of drug-likeness (QED) is 0.623. The first-order chi connectivity index (χ1) is 10.5. The van der Waals surface area contributed by atoms with Crippen molar-refractivity contribution in [1.29, 1.82) is 0 Å². The highest BCUT2D eigenvalue weighted by atomic mass is 16.6. The molecule has 0 aliphatic rings. The number of carbonyl (C=O) groups excluding carboxylic acids is 1. The van der Waals surface area contributed by atoms with Crippen LogP contribution in [0.4, 0.5) is 11.5 Å². The molecule has 0 aliphatic carbocycles. The summed E-state index contributed by atoms with van der Waals surface area (Å²) in [6.07, 6.45) is 1.22. The monoisotopic (exact) mass is 303 g/mol. The van der Waals surface area contributed by atoms with Crippen LogP contribution in [-0.4, -0.2) is 34.0 Å². The molecule has 0 fully saturated rings. The molecule has 0 bridgehead atoms. The number of benzene rings is 1. The van der Waals surface area contributed by atoms with Gasteiger partial charge in [-0.05, 0) is 29.2 Å². The van der Waals surface area contributed by atoms with Crippen LogP contribution in [0.1, 0.15) is 16.2 Å². The number of amides is 1. The summed E-state index contributed by atoms with van der Waals surface area (Å²) in [5.74, 6) is 0.243. The van der Waals surface area contributed by atoms with Crippen molar-refractivity contribution in [2.45, 2.75) is 13.5 Å². The topological polar surface area (TPSA) is 102 Å². The number of anilines is 1. The Morgan fingerprint density at radius 2 is 2.05 bits per heavy atom. The minimum absolute atomic E-state index is 0.0786. The number of nitrogens with one attached hydrogen (secondary N) is 2. The first kappa shape index (κ1) is 15.5. The number of hydrogen-bond acceptors (Lipinski definition) is 5. The van der Waals surface area contributed by atoms with Crippen molar-refractivity contribution in [2.75, 3.05) is 18.9 Å². The number of nitro groups is 1. The van der Waals surface area contributed by atoms with E-state index < -0.39 is 4.92 Å². The molecule has 8 nitrogen and oxygen atoms in total. The van der Waals surface area contributed by atoms with Crippen molar-refractivity contribution >= 4 is 17.4 Å². The molecule has 0 radical (unpaired) electrons. The van der Waals surface area contributed by atoms with Crippen LogP contribution in [0.25, 0.3) is 0 Å². The molecule has 8 heteroatoms. The van der Waals surface area contributed by atoms with Crippen LogP contribution in [0, 0.1) is 17.0 Å². The lowest BCUT2D eigenvalue weighted by Gasteiger charge is -2.06. The zero-order chi connectivity index (χ0) is 16.1. The Bertz CT molecular complexity index is 678. The average molecular weight is 303 g/mol. The lowest BCUT2D eigenvalue weighted by molar-refractivity contribution is -0.392. The molecule has 0 saturated carbocycles. The maximum atomic E-state index is 12.0. The molecule has 116 valence electrons. The van der Waals surface area contributed by atoms with Crippen molar-refractivity contribution in [2.24, 2.45) is 0 Å². The summed E-state index contributed by atoms with van der Waals surface area (Å²) in [4.78, 5) is 26.3. The van der Waals surface area contributed by atoms with Crippen LogP contribution < -0.4 is 10.6 Å². The van der Waals surface area contributed by atoms with Crippen LogP contribution in [0.3, 0.4) is 0 Å². The number of imidazole rings is 1. The van der Waals surface area contributed by atoms with E-state index in [0.717, 1.165) is 5.69 Å². The third-order valence-corrected chi connectivity index (χ3v) is 3.28. The molecule has 0 atom stereocenters. The van der Waals surface area contributed by atoms with Gasteiger partial charge < -0.3 is 20.7 Å². The summed E-state index contributed by atoms with van der Waals surface area (Å²) in [5, 5.41) is 16.6. The molecule has 0 unspecified atom stereocenters. The minimum Gasteiger partial charge on any atom is -0.388 e. The normalized spacial score (nSPS) is 10.3. The van der Waals surface area contributed by atoms with Gasteiger partial charge in [0, 0.05) is 25.2 Å². The van der Waals surface area contributed by atoms with Crippen molar-refractivity contribution in [1.82, 2.24) is 14.9 Å². The molecule has 1 aromatic heterocycles. The second kappa shape index (κ2) is 6.70.